The van der Waals surface area contributed by atoms with E-state index in [-0.39, 0.29) is 11.9 Å². The number of amides is 1. The number of aryl methyl sites for hydroxylation is 1. The summed E-state index contributed by atoms with van der Waals surface area (Å²) < 4.78 is 5.55. The Balaban J connectivity index is 1.54. The summed E-state index contributed by atoms with van der Waals surface area (Å²) in [5, 5.41) is 3.15. The van der Waals surface area contributed by atoms with Crippen LogP contribution in [-0.2, 0) is 11.2 Å². The molecule has 4 rings (SSSR count). The second kappa shape index (κ2) is 8.76. The fraction of sp³-hybridized carbons (Fsp3) is 0.435. The van der Waals surface area contributed by atoms with Gasteiger partial charge >= 0.3 is 0 Å². The minimum absolute atomic E-state index is 0.0171. The number of hydrogen-bond donors (Lipinski definition) is 1. The number of morpholine rings is 1. The van der Waals surface area contributed by atoms with E-state index in [4.69, 9.17) is 4.74 Å². The first kappa shape index (κ1) is 19.0. The molecule has 1 fully saturated rings. The number of nitrogens with zero attached hydrogens (tertiary/aromatic N) is 2. The molecule has 1 atom stereocenters. The second-order valence-corrected chi connectivity index (χ2v) is 7.65. The Morgan fingerprint density at radius 1 is 1.11 bits per heavy atom. The summed E-state index contributed by atoms with van der Waals surface area (Å²) in [5.41, 5.74) is 4.74. The largest absolute Gasteiger partial charge is 0.379 e. The highest BCUT2D eigenvalue weighted by Gasteiger charge is 2.25. The molecule has 0 radical (unpaired) electrons. The van der Waals surface area contributed by atoms with Crippen LogP contribution in [0.3, 0.4) is 0 Å². The van der Waals surface area contributed by atoms with Gasteiger partial charge in [0.2, 0.25) is 0 Å². The molecule has 1 unspecified atom stereocenters. The summed E-state index contributed by atoms with van der Waals surface area (Å²) in [7, 11) is 2.16. The van der Waals surface area contributed by atoms with Crippen molar-refractivity contribution in [3.63, 3.8) is 0 Å². The summed E-state index contributed by atoms with van der Waals surface area (Å²) in [6, 6.07) is 16.4. The minimum Gasteiger partial charge on any atom is -0.379 e. The maximum Gasteiger partial charge on any atom is 0.251 e. The molecule has 0 spiro atoms. The van der Waals surface area contributed by atoms with Gasteiger partial charge in [-0.3, -0.25) is 9.69 Å². The van der Waals surface area contributed by atoms with Crippen molar-refractivity contribution in [1.29, 1.82) is 0 Å². The predicted octanol–water partition coefficient (Wildman–Crippen LogP) is 2.87. The molecule has 28 heavy (non-hydrogen) atoms. The number of nitrogens with one attached hydrogen (secondary N) is 1. The lowest BCUT2D eigenvalue weighted by Crippen LogP contribution is -2.44. The average molecular weight is 380 g/mol. The van der Waals surface area contributed by atoms with E-state index in [0.29, 0.717) is 12.1 Å². The molecule has 148 valence electrons. The number of benzene rings is 2. The molecule has 0 saturated carbocycles. The van der Waals surface area contributed by atoms with Crippen molar-refractivity contribution in [2.24, 2.45) is 0 Å². The van der Waals surface area contributed by atoms with Gasteiger partial charge < -0.3 is 15.0 Å². The van der Waals surface area contributed by atoms with Crippen LogP contribution in [0, 0.1) is 0 Å². The van der Waals surface area contributed by atoms with E-state index in [9.17, 15) is 4.79 Å². The van der Waals surface area contributed by atoms with Crippen LogP contribution in [0.2, 0.25) is 0 Å². The molecule has 2 aromatic carbocycles. The quantitative estimate of drug-likeness (QED) is 0.868. The van der Waals surface area contributed by atoms with Gasteiger partial charge in [0.05, 0.1) is 19.3 Å². The van der Waals surface area contributed by atoms with Crippen molar-refractivity contribution in [3.05, 3.63) is 65.2 Å². The Kier molecular flexibility index (Phi) is 5.93. The van der Waals surface area contributed by atoms with Crippen LogP contribution in [0.5, 0.6) is 0 Å². The number of rotatable bonds is 5. The molecule has 5 heteroatoms. The molecule has 0 aromatic heterocycles. The first-order chi connectivity index (χ1) is 13.7. The number of fused-ring (bicyclic) bond motifs is 1. The van der Waals surface area contributed by atoms with Gasteiger partial charge in [0, 0.05) is 44.5 Å². The highest BCUT2D eigenvalue weighted by molar-refractivity contribution is 5.94. The fourth-order valence-electron chi connectivity index (χ4n) is 4.24. The third kappa shape index (κ3) is 4.21. The summed E-state index contributed by atoms with van der Waals surface area (Å²) in [6.07, 6.45) is 2.32. The van der Waals surface area contributed by atoms with E-state index in [0.717, 1.165) is 39.3 Å². The zero-order valence-corrected chi connectivity index (χ0v) is 16.6. The van der Waals surface area contributed by atoms with Crippen molar-refractivity contribution < 1.29 is 9.53 Å². The van der Waals surface area contributed by atoms with Gasteiger partial charge in [-0.1, -0.05) is 30.3 Å². The maximum atomic E-state index is 12.6. The van der Waals surface area contributed by atoms with Crippen LogP contribution in [0.15, 0.2) is 48.5 Å². The summed E-state index contributed by atoms with van der Waals surface area (Å²) in [6.45, 7) is 4.99. The Hall–Kier alpha value is -2.37. The average Bonchev–Trinajstić information content (AvgIpc) is 2.75. The molecule has 1 N–H and O–H groups in total. The lowest BCUT2D eigenvalue weighted by Gasteiger charge is -2.36. The Labute approximate surface area is 167 Å². The van der Waals surface area contributed by atoms with Gasteiger partial charge in [-0.05, 0) is 42.2 Å². The SMILES string of the molecule is CN1CCCc2cc(C(CNC(=O)c3ccccc3)N3CCOCC3)ccc21. The van der Waals surface area contributed by atoms with Crippen LogP contribution in [0.25, 0.3) is 0 Å². The number of carbonyl (C=O) groups excluding carboxylic acids is 1. The first-order valence-electron chi connectivity index (χ1n) is 10.2. The predicted molar refractivity (Wildman–Crippen MR) is 112 cm³/mol. The third-order valence-corrected chi connectivity index (χ3v) is 5.82. The highest BCUT2D eigenvalue weighted by atomic mass is 16.5. The number of ether oxygens (including phenoxy) is 1. The Morgan fingerprint density at radius 3 is 2.68 bits per heavy atom. The van der Waals surface area contributed by atoms with Gasteiger partial charge in [0.15, 0.2) is 0 Å². The van der Waals surface area contributed by atoms with Crippen LogP contribution in [0.1, 0.15) is 33.9 Å². The normalized spacial score (nSPS) is 18.4. The zero-order chi connectivity index (χ0) is 19.3. The highest BCUT2D eigenvalue weighted by Crippen LogP contribution is 2.31. The van der Waals surface area contributed by atoms with E-state index in [1.807, 2.05) is 30.3 Å². The first-order valence-corrected chi connectivity index (χ1v) is 10.2. The molecule has 5 nitrogen and oxygen atoms in total. The van der Waals surface area contributed by atoms with Gasteiger partial charge in [-0.25, -0.2) is 0 Å². The lowest BCUT2D eigenvalue weighted by molar-refractivity contribution is 0.0162. The lowest BCUT2D eigenvalue weighted by atomic mass is 9.95. The fourth-order valence-corrected chi connectivity index (χ4v) is 4.24. The van der Waals surface area contributed by atoms with Gasteiger partial charge in [0.25, 0.3) is 5.91 Å². The van der Waals surface area contributed by atoms with E-state index < -0.39 is 0 Å². The van der Waals surface area contributed by atoms with Gasteiger partial charge in [0.1, 0.15) is 0 Å². The van der Waals surface area contributed by atoms with E-state index in [2.05, 4.69) is 40.4 Å². The molecular weight excluding hydrogens is 350 g/mol. The maximum absolute atomic E-state index is 12.6. The molecule has 2 heterocycles. The smallest absolute Gasteiger partial charge is 0.251 e. The molecule has 2 aromatic rings. The second-order valence-electron chi connectivity index (χ2n) is 7.65. The summed E-state index contributed by atoms with van der Waals surface area (Å²) in [4.78, 5) is 17.3. The van der Waals surface area contributed by atoms with E-state index in [1.54, 1.807) is 0 Å². The minimum atomic E-state index is -0.0171. The molecule has 1 saturated heterocycles. The van der Waals surface area contributed by atoms with Crippen LogP contribution < -0.4 is 10.2 Å². The monoisotopic (exact) mass is 379 g/mol. The van der Waals surface area contributed by atoms with Crippen molar-refractivity contribution in [3.8, 4) is 0 Å². The van der Waals surface area contributed by atoms with E-state index >= 15 is 0 Å². The molecule has 2 aliphatic rings. The summed E-state index contributed by atoms with van der Waals surface area (Å²) in [5.74, 6) is -0.0171. The third-order valence-electron chi connectivity index (χ3n) is 5.82. The van der Waals surface area contributed by atoms with Crippen molar-refractivity contribution >= 4 is 11.6 Å². The van der Waals surface area contributed by atoms with Crippen molar-refractivity contribution in [1.82, 2.24) is 10.2 Å². The Bertz CT molecular complexity index is 803. The molecule has 0 aliphatic carbocycles. The van der Waals surface area contributed by atoms with Crippen molar-refractivity contribution in [2.75, 3.05) is 51.3 Å². The van der Waals surface area contributed by atoms with Crippen LogP contribution in [0.4, 0.5) is 5.69 Å². The van der Waals surface area contributed by atoms with Gasteiger partial charge in [-0.15, -0.1) is 0 Å². The number of carbonyl (C=O) groups is 1. The van der Waals surface area contributed by atoms with E-state index in [1.165, 1.54) is 23.2 Å². The topological polar surface area (TPSA) is 44.8 Å². The standard InChI is InChI=1S/C23H29N3O2/c1-25-11-5-8-19-16-20(9-10-21(19)25)22(26-12-14-28-15-13-26)17-24-23(27)18-6-3-2-4-7-18/h2-4,6-7,9-10,16,22H,5,8,11-15,17H2,1H3,(H,24,27). The molecular formula is C23H29N3O2. The molecule has 2 aliphatic heterocycles. The number of hydrogen-bond acceptors (Lipinski definition) is 4. The molecule has 0 bridgehead atoms. The molecule has 1 amide bonds. The van der Waals surface area contributed by atoms with Gasteiger partial charge in [-0.2, -0.15) is 0 Å². The number of anilines is 1. The van der Waals surface area contributed by atoms with Crippen LogP contribution in [-0.4, -0.2) is 57.2 Å². The zero-order valence-electron chi connectivity index (χ0n) is 16.6. The van der Waals surface area contributed by atoms with Crippen LogP contribution >= 0.6 is 0 Å². The van der Waals surface area contributed by atoms with Crippen molar-refractivity contribution in [2.45, 2.75) is 18.9 Å². The summed E-state index contributed by atoms with van der Waals surface area (Å²) >= 11 is 0. The Morgan fingerprint density at radius 2 is 1.89 bits per heavy atom.